The molecule has 2 aromatic carbocycles. The third kappa shape index (κ3) is 6.34. The second-order valence-electron chi connectivity index (χ2n) is 10.1. The number of halogens is 1. The molecule has 0 saturated heterocycles. The third-order valence-corrected chi connectivity index (χ3v) is 6.58. The summed E-state index contributed by atoms with van der Waals surface area (Å²) in [6.45, 7) is 6.72. The van der Waals surface area contributed by atoms with Gasteiger partial charge in [-0.2, -0.15) is 5.21 Å². The van der Waals surface area contributed by atoms with Gasteiger partial charge in [-0.05, 0) is 49.1 Å². The lowest BCUT2D eigenvalue weighted by Crippen LogP contribution is -2.23. The molecule has 0 amide bonds. The zero-order valence-corrected chi connectivity index (χ0v) is 24.4. The van der Waals surface area contributed by atoms with Gasteiger partial charge in [-0.3, -0.25) is 0 Å². The third-order valence-electron chi connectivity index (χ3n) is 6.58. The molecule has 0 radical (unpaired) electrons. The van der Waals surface area contributed by atoms with E-state index in [2.05, 4.69) is 25.6 Å². The number of aliphatic hydroxyl groups is 1. The number of esters is 1. The van der Waals surface area contributed by atoms with E-state index in [4.69, 9.17) is 13.6 Å². The Labute approximate surface area is 247 Å². The van der Waals surface area contributed by atoms with Crippen molar-refractivity contribution in [3.63, 3.8) is 0 Å². The summed E-state index contributed by atoms with van der Waals surface area (Å²) in [5.74, 6) is -0.0831. The zero-order valence-electron chi connectivity index (χ0n) is 23.6. The summed E-state index contributed by atoms with van der Waals surface area (Å²) < 4.78 is 17.1. The molecule has 12 nitrogen and oxygen atoms in total. The van der Waals surface area contributed by atoms with Gasteiger partial charge in [0.25, 0.3) is 0 Å². The van der Waals surface area contributed by atoms with Crippen LogP contribution >= 0.6 is 12.4 Å². The van der Waals surface area contributed by atoms with E-state index in [1.165, 1.54) is 0 Å². The number of benzene rings is 2. The Morgan fingerprint density at radius 1 is 1.10 bits per heavy atom. The summed E-state index contributed by atoms with van der Waals surface area (Å²) >= 11 is 0. The minimum atomic E-state index is -1.41. The minimum absolute atomic E-state index is 0. The Morgan fingerprint density at radius 3 is 2.40 bits per heavy atom. The first-order valence-corrected chi connectivity index (χ1v) is 13.2. The molecule has 13 heteroatoms. The quantitative estimate of drug-likeness (QED) is 0.219. The van der Waals surface area contributed by atoms with Crippen molar-refractivity contribution in [2.45, 2.75) is 59.3 Å². The smallest absolute Gasteiger partial charge is 0.453 e. The van der Waals surface area contributed by atoms with E-state index in [9.17, 15) is 14.7 Å². The minimum Gasteiger partial charge on any atom is -0.453 e. The summed E-state index contributed by atoms with van der Waals surface area (Å²) in [6.07, 6.45) is 1.37. The zero-order chi connectivity index (χ0) is 29.1. The van der Waals surface area contributed by atoms with E-state index < -0.39 is 17.4 Å². The monoisotopic (exact) mass is 594 g/mol. The molecule has 0 fully saturated rings. The Balaban J connectivity index is 0.00000405. The van der Waals surface area contributed by atoms with Crippen LogP contribution in [0.4, 0.5) is 0 Å². The summed E-state index contributed by atoms with van der Waals surface area (Å²) in [5.41, 5.74) is 2.60. The fourth-order valence-electron chi connectivity index (χ4n) is 4.60. The summed E-state index contributed by atoms with van der Waals surface area (Å²) in [4.78, 5) is 29.5. The molecule has 5 aromatic rings. The van der Waals surface area contributed by atoms with Crippen molar-refractivity contribution >= 4 is 18.4 Å². The van der Waals surface area contributed by atoms with Crippen LogP contribution in [0, 0.1) is 6.92 Å². The van der Waals surface area contributed by atoms with Crippen molar-refractivity contribution in [1.29, 1.82) is 0 Å². The Hall–Kier alpha value is -4.55. The van der Waals surface area contributed by atoms with Crippen molar-refractivity contribution < 1.29 is 23.5 Å². The van der Waals surface area contributed by atoms with E-state index in [0.29, 0.717) is 24.6 Å². The topological polar surface area (TPSA) is 162 Å². The van der Waals surface area contributed by atoms with Gasteiger partial charge in [-0.25, -0.2) is 14.6 Å². The average Bonchev–Trinajstić information content (AvgIpc) is 3.67. The van der Waals surface area contributed by atoms with Gasteiger partial charge in [0.05, 0.1) is 0 Å². The highest BCUT2D eigenvalue weighted by Gasteiger charge is 2.33. The number of nitrogens with zero attached hydrogens (tertiary/aromatic N) is 5. The number of aromatic amines is 1. The van der Waals surface area contributed by atoms with Crippen LogP contribution in [-0.2, 0) is 29.9 Å². The first-order chi connectivity index (χ1) is 19.7. The highest BCUT2D eigenvalue weighted by Crippen LogP contribution is 2.31. The van der Waals surface area contributed by atoms with Crippen LogP contribution in [0.15, 0.2) is 62.2 Å². The van der Waals surface area contributed by atoms with Gasteiger partial charge >= 0.3 is 11.8 Å². The lowest BCUT2D eigenvalue weighted by atomic mass is 9.98. The molecule has 42 heavy (non-hydrogen) atoms. The van der Waals surface area contributed by atoms with Crippen LogP contribution in [0.5, 0.6) is 0 Å². The molecule has 0 aliphatic rings. The second-order valence-corrected chi connectivity index (χ2v) is 10.1. The van der Waals surface area contributed by atoms with E-state index >= 15 is 0 Å². The fraction of sp³-hybridized carbons (Fsp3) is 0.310. The van der Waals surface area contributed by atoms with Gasteiger partial charge in [0.2, 0.25) is 5.82 Å². The van der Waals surface area contributed by atoms with Crippen LogP contribution in [0.1, 0.15) is 66.3 Å². The molecule has 0 bridgehead atoms. The first kappa shape index (κ1) is 30.4. The van der Waals surface area contributed by atoms with Gasteiger partial charge in [-0.1, -0.05) is 55.5 Å². The Kier molecular flexibility index (Phi) is 9.08. The van der Waals surface area contributed by atoms with Gasteiger partial charge < -0.3 is 23.2 Å². The Bertz CT molecular complexity index is 1710. The second kappa shape index (κ2) is 12.5. The largest absolute Gasteiger partial charge is 0.519 e. The van der Waals surface area contributed by atoms with Gasteiger partial charge in [0, 0.05) is 18.5 Å². The standard InChI is InChI=1S/C29H30N6O6.ClH/c1-5-8-23-30-25(29(3,4)38)24(27(36)39-16-22-17(2)40-28(37)41-22)35(23)15-18-11-13-19(14-12-18)20-9-6-7-10-21(20)26-31-33-34-32-26;/h6-7,9-14,38H,5,8,15-16H2,1-4H3,(H,31,32,33,34);1H. The number of ether oxygens (including phenoxy) is 1. The maximum atomic E-state index is 13.5. The van der Waals surface area contributed by atoms with Crippen LogP contribution in [0.2, 0.25) is 0 Å². The predicted molar refractivity (Wildman–Crippen MR) is 154 cm³/mol. The number of H-pyrrole nitrogens is 1. The van der Waals surface area contributed by atoms with Crippen LogP contribution < -0.4 is 5.82 Å². The molecule has 3 aromatic heterocycles. The number of imidazole rings is 1. The molecule has 0 aliphatic carbocycles. The molecular weight excluding hydrogens is 564 g/mol. The number of carbonyl (C=O) groups excluding carboxylic acids is 1. The molecule has 2 N–H and O–H groups in total. The van der Waals surface area contributed by atoms with E-state index in [0.717, 1.165) is 28.7 Å². The molecule has 0 unspecified atom stereocenters. The van der Waals surface area contributed by atoms with Gasteiger partial charge in [0.15, 0.2) is 23.8 Å². The number of tetrazole rings is 1. The van der Waals surface area contributed by atoms with Crippen molar-refractivity contribution in [3.05, 3.63) is 93.4 Å². The molecule has 0 saturated carbocycles. The summed E-state index contributed by atoms with van der Waals surface area (Å²) in [5, 5.41) is 25.3. The molecule has 5 rings (SSSR count). The lowest BCUT2D eigenvalue weighted by Gasteiger charge is -2.17. The van der Waals surface area contributed by atoms with Crippen LogP contribution in [-0.4, -0.2) is 41.3 Å². The number of aryl methyl sites for hydroxylation is 2. The predicted octanol–water partition coefficient (Wildman–Crippen LogP) is 4.59. The highest BCUT2D eigenvalue weighted by atomic mass is 35.5. The van der Waals surface area contributed by atoms with E-state index in [-0.39, 0.29) is 41.9 Å². The van der Waals surface area contributed by atoms with Crippen LogP contribution in [0.3, 0.4) is 0 Å². The first-order valence-electron chi connectivity index (χ1n) is 13.2. The molecule has 0 spiro atoms. The average molecular weight is 595 g/mol. The van der Waals surface area contributed by atoms with E-state index in [1.807, 2.05) is 55.5 Å². The Morgan fingerprint density at radius 2 is 1.81 bits per heavy atom. The van der Waals surface area contributed by atoms with Crippen molar-refractivity contribution in [2.24, 2.45) is 0 Å². The number of carbonyl (C=O) groups is 1. The van der Waals surface area contributed by atoms with Crippen molar-refractivity contribution in [3.8, 4) is 22.5 Å². The SMILES string of the molecule is CCCc1nc(C(C)(C)O)c(C(=O)OCc2oc(=O)oc2C)n1Cc1ccc(-c2ccccc2-c2nn[nH]n2)cc1.Cl. The molecule has 0 atom stereocenters. The summed E-state index contributed by atoms with van der Waals surface area (Å²) in [6, 6.07) is 15.7. The summed E-state index contributed by atoms with van der Waals surface area (Å²) in [7, 11) is 0. The number of rotatable bonds is 10. The van der Waals surface area contributed by atoms with E-state index in [1.54, 1.807) is 25.3 Å². The molecule has 3 heterocycles. The van der Waals surface area contributed by atoms with Crippen molar-refractivity contribution in [1.82, 2.24) is 30.2 Å². The molecule has 220 valence electrons. The maximum absolute atomic E-state index is 13.5. The fourth-order valence-corrected chi connectivity index (χ4v) is 4.60. The van der Waals surface area contributed by atoms with Crippen LogP contribution in [0.25, 0.3) is 22.5 Å². The number of hydrogen-bond acceptors (Lipinski definition) is 10. The number of hydrogen-bond donors (Lipinski definition) is 2. The normalized spacial score (nSPS) is 11.4. The van der Waals surface area contributed by atoms with Gasteiger partial charge in [-0.15, -0.1) is 22.6 Å². The molecular formula is C29H31ClN6O6. The number of nitrogens with one attached hydrogen (secondary N) is 1. The molecule has 0 aliphatic heterocycles. The number of aromatic nitrogens is 6. The van der Waals surface area contributed by atoms with Gasteiger partial charge in [0.1, 0.15) is 17.1 Å². The lowest BCUT2D eigenvalue weighted by molar-refractivity contribution is 0.0395. The maximum Gasteiger partial charge on any atom is 0.519 e. The van der Waals surface area contributed by atoms with Crippen molar-refractivity contribution in [2.75, 3.05) is 0 Å². The highest BCUT2D eigenvalue weighted by molar-refractivity contribution is 5.89.